The van der Waals surface area contributed by atoms with Crippen molar-refractivity contribution in [3.63, 3.8) is 0 Å². The molecule has 1 heterocycles. The summed E-state index contributed by atoms with van der Waals surface area (Å²) in [5.74, 6) is 1.59. The van der Waals surface area contributed by atoms with Gasteiger partial charge in [0, 0.05) is 6.42 Å². The summed E-state index contributed by atoms with van der Waals surface area (Å²) >= 11 is 0. The fraction of sp³-hybridized carbons (Fsp3) is 0.300. The molecule has 1 aliphatic heterocycles. The van der Waals surface area contributed by atoms with Gasteiger partial charge in [0.2, 0.25) is 5.91 Å². The average Bonchev–Trinajstić information content (AvgIpc) is 3.13. The van der Waals surface area contributed by atoms with Gasteiger partial charge in [0.15, 0.2) is 0 Å². The molecule has 5 heteroatoms. The van der Waals surface area contributed by atoms with Gasteiger partial charge in [-0.1, -0.05) is 12.1 Å². The number of rotatable bonds is 6. The summed E-state index contributed by atoms with van der Waals surface area (Å²) in [6, 6.07) is 15.4. The van der Waals surface area contributed by atoms with E-state index in [0.717, 1.165) is 34.8 Å². The monoisotopic (exact) mass is 338 g/mol. The van der Waals surface area contributed by atoms with E-state index in [2.05, 4.69) is 5.10 Å². The average molecular weight is 338 g/mol. The second-order valence-corrected chi connectivity index (χ2v) is 5.80. The molecular weight excluding hydrogens is 316 g/mol. The molecule has 3 rings (SSSR count). The fourth-order valence-corrected chi connectivity index (χ4v) is 2.80. The molecule has 0 atom stereocenters. The van der Waals surface area contributed by atoms with E-state index in [-0.39, 0.29) is 5.91 Å². The van der Waals surface area contributed by atoms with E-state index in [1.807, 2.05) is 55.5 Å². The topological polar surface area (TPSA) is 51.1 Å². The molecule has 0 spiro atoms. The lowest BCUT2D eigenvalue weighted by atomic mass is 10.1. The highest BCUT2D eigenvalue weighted by molar-refractivity contribution is 6.02. The molecule has 1 amide bonds. The zero-order valence-electron chi connectivity index (χ0n) is 14.6. The van der Waals surface area contributed by atoms with E-state index < -0.39 is 0 Å². The SMILES string of the molecule is CCOc1ccc(C2=NN(C(=O)Cc3cccc(OC)c3)CC2)cc1. The van der Waals surface area contributed by atoms with Gasteiger partial charge < -0.3 is 9.47 Å². The van der Waals surface area contributed by atoms with Crippen molar-refractivity contribution in [2.45, 2.75) is 19.8 Å². The summed E-state index contributed by atoms with van der Waals surface area (Å²) in [6.45, 7) is 3.22. The van der Waals surface area contributed by atoms with Crippen molar-refractivity contribution in [1.82, 2.24) is 5.01 Å². The molecule has 2 aromatic carbocycles. The van der Waals surface area contributed by atoms with Crippen molar-refractivity contribution in [3.05, 3.63) is 59.7 Å². The maximum absolute atomic E-state index is 12.5. The molecule has 0 unspecified atom stereocenters. The predicted octanol–water partition coefficient (Wildman–Crippen LogP) is 3.27. The van der Waals surface area contributed by atoms with Crippen LogP contribution < -0.4 is 9.47 Å². The minimum Gasteiger partial charge on any atom is -0.497 e. The summed E-state index contributed by atoms with van der Waals surface area (Å²) in [6.07, 6.45) is 1.08. The quantitative estimate of drug-likeness (QED) is 0.812. The molecule has 0 radical (unpaired) electrons. The Morgan fingerprint density at radius 1 is 1.16 bits per heavy atom. The van der Waals surface area contributed by atoms with Crippen LogP contribution in [0.5, 0.6) is 11.5 Å². The van der Waals surface area contributed by atoms with Crippen molar-refractivity contribution in [2.75, 3.05) is 20.3 Å². The third-order valence-corrected chi connectivity index (χ3v) is 4.08. The van der Waals surface area contributed by atoms with Gasteiger partial charge in [-0.05, 0) is 54.4 Å². The first-order chi connectivity index (χ1) is 12.2. The smallest absolute Gasteiger partial charge is 0.247 e. The van der Waals surface area contributed by atoms with E-state index in [0.29, 0.717) is 19.6 Å². The van der Waals surface area contributed by atoms with Crippen LogP contribution in [0.1, 0.15) is 24.5 Å². The Labute approximate surface area is 147 Å². The van der Waals surface area contributed by atoms with Crippen molar-refractivity contribution < 1.29 is 14.3 Å². The van der Waals surface area contributed by atoms with Gasteiger partial charge in [-0.25, -0.2) is 5.01 Å². The van der Waals surface area contributed by atoms with Crippen molar-refractivity contribution in [2.24, 2.45) is 5.10 Å². The lowest BCUT2D eigenvalue weighted by Gasteiger charge is -2.11. The molecular formula is C20H22N2O3. The van der Waals surface area contributed by atoms with Crippen LogP contribution in [0.3, 0.4) is 0 Å². The van der Waals surface area contributed by atoms with E-state index in [9.17, 15) is 4.79 Å². The molecule has 0 aliphatic carbocycles. The van der Waals surface area contributed by atoms with Crippen LogP contribution >= 0.6 is 0 Å². The normalized spacial score (nSPS) is 13.5. The lowest BCUT2D eigenvalue weighted by molar-refractivity contribution is -0.130. The predicted molar refractivity (Wildman–Crippen MR) is 97.2 cm³/mol. The Kier molecular flexibility index (Phi) is 5.33. The first-order valence-electron chi connectivity index (χ1n) is 8.43. The Morgan fingerprint density at radius 3 is 2.68 bits per heavy atom. The van der Waals surface area contributed by atoms with E-state index in [4.69, 9.17) is 9.47 Å². The second-order valence-electron chi connectivity index (χ2n) is 5.80. The Morgan fingerprint density at radius 2 is 1.96 bits per heavy atom. The zero-order chi connectivity index (χ0) is 17.6. The number of hydrogen-bond acceptors (Lipinski definition) is 4. The Balaban J connectivity index is 1.66. The number of nitrogens with zero attached hydrogens (tertiary/aromatic N) is 2. The molecule has 0 saturated carbocycles. The first-order valence-corrected chi connectivity index (χ1v) is 8.43. The van der Waals surface area contributed by atoms with Crippen molar-refractivity contribution in [1.29, 1.82) is 0 Å². The lowest BCUT2D eigenvalue weighted by Crippen LogP contribution is -2.25. The molecule has 0 aromatic heterocycles. The number of hydrazone groups is 1. The fourth-order valence-electron chi connectivity index (χ4n) is 2.80. The third kappa shape index (κ3) is 4.18. The van der Waals surface area contributed by atoms with Crippen LogP contribution in [-0.4, -0.2) is 36.9 Å². The van der Waals surface area contributed by atoms with Crippen LogP contribution in [0.15, 0.2) is 53.6 Å². The van der Waals surface area contributed by atoms with Gasteiger partial charge in [0.25, 0.3) is 0 Å². The van der Waals surface area contributed by atoms with Crippen LogP contribution in [0.2, 0.25) is 0 Å². The first kappa shape index (κ1) is 17.0. The van der Waals surface area contributed by atoms with Crippen LogP contribution in [0.25, 0.3) is 0 Å². The Bertz CT molecular complexity index is 769. The number of carbonyl (C=O) groups excluding carboxylic acids is 1. The number of amides is 1. The van der Waals surface area contributed by atoms with E-state index in [1.165, 1.54) is 0 Å². The number of benzene rings is 2. The van der Waals surface area contributed by atoms with Gasteiger partial charge >= 0.3 is 0 Å². The maximum Gasteiger partial charge on any atom is 0.247 e. The largest absolute Gasteiger partial charge is 0.497 e. The van der Waals surface area contributed by atoms with Gasteiger partial charge in [0.1, 0.15) is 11.5 Å². The van der Waals surface area contributed by atoms with Crippen LogP contribution in [-0.2, 0) is 11.2 Å². The minimum absolute atomic E-state index is 0.00538. The summed E-state index contributed by atoms with van der Waals surface area (Å²) in [5.41, 5.74) is 2.89. The summed E-state index contributed by atoms with van der Waals surface area (Å²) in [5, 5.41) is 6.06. The number of ether oxygens (including phenoxy) is 2. The van der Waals surface area contributed by atoms with Crippen LogP contribution in [0.4, 0.5) is 0 Å². The summed E-state index contributed by atoms with van der Waals surface area (Å²) in [4.78, 5) is 12.5. The van der Waals surface area contributed by atoms with Gasteiger partial charge in [0.05, 0.1) is 32.4 Å². The molecule has 0 fully saturated rings. The molecule has 0 bridgehead atoms. The van der Waals surface area contributed by atoms with Gasteiger partial charge in [-0.15, -0.1) is 0 Å². The van der Waals surface area contributed by atoms with Gasteiger partial charge in [-0.2, -0.15) is 5.10 Å². The standard InChI is InChI=1S/C20H22N2O3/c1-3-25-17-9-7-16(8-10-17)19-11-12-22(21-19)20(23)14-15-5-4-6-18(13-15)24-2/h4-10,13H,3,11-12,14H2,1-2H3. The Hall–Kier alpha value is -2.82. The summed E-state index contributed by atoms with van der Waals surface area (Å²) < 4.78 is 10.7. The maximum atomic E-state index is 12.5. The summed E-state index contributed by atoms with van der Waals surface area (Å²) in [7, 11) is 1.62. The molecule has 25 heavy (non-hydrogen) atoms. The number of carbonyl (C=O) groups is 1. The second kappa shape index (κ2) is 7.83. The highest BCUT2D eigenvalue weighted by atomic mass is 16.5. The zero-order valence-corrected chi connectivity index (χ0v) is 14.6. The molecule has 1 aliphatic rings. The molecule has 2 aromatic rings. The van der Waals surface area contributed by atoms with E-state index >= 15 is 0 Å². The van der Waals surface area contributed by atoms with Crippen molar-refractivity contribution >= 4 is 11.6 Å². The molecule has 0 saturated heterocycles. The number of methoxy groups -OCH3 is 1. The highest BCUT2D eigenvalue weighted by Crippen LogP contribution is 2.19. The molecule has 5 nitrogen and oxygen atoms in total. The third-order valence-electron chi connectivity index (χ3n) is 4.08. The molecule has 130 valence electrons. The van der Waals surface area contributed by atoms with Crippen LogP contribution in [0, 0.1) is 0 Å². The molecule has 0 N–H and O–H groups in total. The minimum atomic E-state index is -0.00538. The number of hydrogen-bond donors (Lipinski definition) is 0. The van der Waals surface area contributed by atoms with E-state index in [1.54, 1.807) is 12.1 Å². The van der Waals surface area contributed by atoms with Gasteiger partial charge in [-0.3, -0.25) is 4.79 Å². The van der Waals surface area contributed by atoms with Crippen molar-refractivity contribution in [3.8, 4) is 11.5 Å². The highest BCUT2D eigenvalue weighted by Gasteiger charge is 2.21.